The maximum atomic E-state index is 5.34. The molecule has 0 saturated heterocycles. The molecule has 0 aliphatic heterocycles. The summed E-state index contributed by atoms with van der Waals surface area (Å²) in [5.41, 5.74) is 5.32. The monoisotopic (exact) mass is 186 g/mol. The van der Waals surface area contributed by atoms with Gasteiger partial charge in [-0.05, 0) is 32.7 Å². The smallest absolute Gasteiger partial charge is 0.0594 e. The van der Waals surface area contributed by atoms with Crippen LogP contribution >= 0.6 is 0 Å². The van der Waals surface area contributed by atoms with E-state index in [9.17, 15) is 0 Å². The lowest BCUT2D eigenvalue weighted by Crippen LogP contribution is -2.33. The highest BCUT2D eigenvalue weighted by molar-refractivity contribution is 4.83. The van der Waals surface area contributed by atoms with Gasteiger partial charge < -0.3 is 15.4 Å². The fourth-order valence-corrected chi connectivity index (χ4v) is 1.54. The first-order chi connectivity index (χ1) is 6.25. The van der Waals surface area contributed by atoms with Crippen LogP contribution in [0.1, 0.15) is 19.8 Å². The molecule has 0 heterocycles. The maximum absolute atomic E-state index is 5.34. The van der Waals surface area contributed by atoms with Crippen LogP contribution in [0.25, 0.3) is 0 Å². The predicted octanol–water partition coefficient (Wildman–Crippen LogP) is 0.692. The molecular weight excluding hydrogens is 164 g/mol. The highest BCUT2D eigenvalue weighted by Gasteiger charge is 2.29. The van der Waals surface area contributed by atoms with E-state index in [-0.39, 0.29) is 0 Å². The Morgan fingerprint density at radius 2 is 2.15 bits per heavy atom. The molecule has 3 heteroatoms. The van der Waals surface area contributed by atoms with Crippen molar-refractivity contribution in [1.29, 1.82) is 0 Å². The van der Waals surface area contributed by atoms with Crippen LogP contribution in [0.3, 0.4) is 0 Å². The molecule has 1 aliphatic carbocycles. The maximum Gasteiger partial charge on any atom is 0.0594 e. The van der Waals surface area contributed by atoms with Crippen LogP contribution in [0, 0.1) is 5.92 Å². The van der Waals surface area contributed by atoms with Crippen LogP contribution < -0.4 is 5.73 Å². The van der Waals surface area contributed by atoms with E-state index in [1.54, 1.807) is 0 Å². The topological polar surface area (TPSA) is 38.5 Å². The van der Waals surface area contributed by atoms with Crippen molar-refractivity contribution in [3.63, 3.8) is 0 Å². The molecule has 0 aromatic rings. The van der Waals surface area contributed by atoms with Crippen molar-refractivity contribution in [2.24, 2.45) is 11.7 Å². The predicted molar refractivity (Wildman–Crippen MR) is 54.7 cm³/mol. The molecule has 3 nitrogen and oxygen atoms in total. The van der Waals surface area contributed by atoms with Crippen LogP contribution in [0.15, 0.2) is 0 Å². The van der Waals surface area contributed by atoms with Gasteiger partial charge in [0.25, 0.3) is 0 Å². The van der Waals surface area contributed by atoms with Crippen LogP contribution in [0.5, 0.6) is 0 Å². The van der Waals surface area contributed by atoms with Crippen LogP contribution in [-0.4, -0.2) is 44.3 Å². The normalized spacial score (nSPS) is 19.4. The minimum Gasteiger partial charge on any atom is -0.379 e. The first-order valence-corrected chi connectivity index (χ1v) is 5.23. The summed E-state index contributed by atoms with van der Waals surface area (Å²) in [4.78, 5) is 2.38. The van der Waals surface area contributed by atoms with Crippen molar-refractivity contribution < 1.29 is 4.74 Å². The van der Waals surface area contributed by atoms with Crippen LogP contribution in [0.2, 0.25) is 0 Å². The van der Waals surface area contributed by atoms with Crippen molar-refractivity contribution in [2.45, 2.75) is 25.8 Å². The summed E-state index contributed by atoms with van der Waals surface area (Å²) in [5, 5.41) is 0. The summed E-state index contributed by atoms with van der Waals surface area (Å²) in [6, 6.07) is 0.724. The van der Waals surface area contributed by atoms with Crippen LogP contribution in [0.4, 0.5) is 0 Å². The van der Waals surface area contributed by atoms with E-state index in [1.807, 2.05) is 0 Å². The number of nitrogens with zero attached hydrogens (tertiary/aromatic N) is 1. The molecule has 1 saturated carbocycles. The molecule has 1 fully saturated rings. The van der Waals surface area contributed by atoms with Gasteiger partial charge in [-0.25, -0.2) is 0 Å². The zero-order valence-corrected chi connectivity index (χ0v) is 8.83. The Labute approximate surface area is 81.2 Å². The average molecular weight is 186 g/mol. The second-order valence-electron chi connectivity index (χ2n) is 3.96. The second kappa shape index (κ2) is 5.58. The number of hydrogen-bond acceptors (Lipinski definition) is 3. The van der Waals surface area contributed by atoms with E-state index in [0.29, 0.717) is 13.2 Å². The third-order valence-corrected chi connectivity index (χ3v) is 2.85. The number of nitrogens with two attached hydrogens (primary N) is 1. The van der Waals surface area contributed by atoms with Gasteiger partial charge in [-0.1, -0.05) is 0 Å². The molecule has 0 radical (unpaired) electrons. The molecule has 78 valence electrons. The van der Waals surface area contributed by atoms with E-state index >= 15 is 0 Å². The van der Waals surface area contributed by atoms with Crippen molar-refractivity contribution in [2.75, 3.05) is 33.4 Å². The second-order valence-corrected chi connectivity index (χ2v) is 3.96. The third kappa shape index (κ3) is 4.07. The Hall–Kier alpha value is -0.120. The first kappa shape index (κ1) is 11.0. The fourth-order valence-electron chi connectivity index (χ4n) is 1.54. The SMILES string of the molecule is CC(C1CC1)N(C)CCOCCN. The summed E-state index contributed by atoms with van der Waals surface area (Å²) in [7, 11) is 2.18. The molecule has 0 amide bonds. The molecular formula is C10H22N2O. The van der Waals surface area contributed by atoms with Gasteiger partial charge in [0.05, 0.1) is 13.2 Å². The minimum absolute atomic E-state index is 0.627. The largest absolute Gasteiger partial charge is 0.379 e. The molecule has 2 N–H and O–H groups in total. The summed E-state index contributed by atoms with van der Waals surface area (Å²) < 4.78 is 5.34. The van der Waals surface area contributed by atoms with Crippen molar-refractivity contribution >= 4 is 0 Å². The number of ether oxygens (including phenoxy) is 1. The third-order valence-electron chi connectivity index (χ3n) is 2.85. The van der Waals surface area contributed by atoms with Gasteiger partial charge in [0.15, 0.2) is 0 Å². The summed E-state index contributed by atoms with van der Waals surface area (Å²) in [6.45, 7) is 5.45. The lowest BCUT2D eigenvalue weighted by Gasteiger charge is -2.24. The molecule has 0 spiro atoms. The zero-order valence-electron chi connectivity index (χ0n) is 8.83. The van der Waals surface area contributed by atoms with E-state index in [4.69, 9.17) is 10.5 Å². The van der Waals surface area contributed by atoms with Gasteiger partial charge >= 0.3 is 0 Å². The zero-order chi connectivity index (χ0) is 9.68. The number of likely N-dealkylation sites (N-methyl/N-ethyl adjacent to an activating group) is 1. The Morgan fingerprint density at radius 3 is 2.69 bits per heavy atom. The van der Waals surface area contributed by atoms with Crippen molar-refractivity contribution in [1.82, 2.24) is 4.90 Å². The van der Waals surface area contributed by atoms with E-state index in [0.717, 1.165) is 25.1 Å². The first-order valence-electron chi connectivity index (χ1n) is 5.23. The Balaban J connectivity index is 1.99. The van der Waals surface area contributed by atoms with Gasteiger partial charge in [0.2, 0.25) is 0 Å². The Bertz CT molecular complexity index is 137. The quantitative estimate of drug-likeness (QED) is 0.595. The fraction of sp³-hybridized carbons (Fsp3) is 1.00. The molecule has 0 aromatic carbocycles. The van der Waals surface area contributed by atoms with E-state index < -0.39 is 0 Å². The summed E-state index contributed by atoms with van der Waals surface area (Å²) in [5.74, 6) is 0.944. The molecule has 1 rings (SSSR count). The van der Waals surface area contributed by atoms with Gasteiger partial charge in [-0.3, -0.25) is 0 Å². The van der Waals surface area contributed by atoms with E-state index in [2.05, 4.69) is 18.9 Å². The van der Waals surface area contributed by atoms with Crippen molar-refractivity contribution in [3.05, 3.63) is 0 Å². The average Bonchev–Trinajstić information content (AvgIpc) is 2.94. The van der Waals surface area contributed by atoms with Gasteiger partial charge in [0.1, 0.15) is 0 Å². The number of hydrogen-bond donors (Lipinski definition) is 1. The Kier molecular flexibility index (Phi) is 4.70. The minimum atomic E-state index is 0.627. The molecule has 1 atom stereocenters. The molecule has 1 unspecified atom stereocenters. The molecule has 0 bridgehead atoms. The molecule has 0 aromatic heterocycles. The number of rotatable bonds is 7. The summed E-state index contributed by atoms with van der Waals surface area (Å²) >= 11 is 0. The summed E-state index contributed by atoms with van der Waals surface area (Å²) in [6.07, 6.45) is 2.82. The molecule has 1 aliphatic rings. The Morgan fingerprint density at radius 1 is 1.46 bits per heavy atom. The molecule has 13 heavy (non-hydrogen) atoms. The van der Waals surface area contributed by atoms with Crippen LogP contribution in [-0.2, 0) is 4.74 Å². The van der Waals surface area contributed by atoms with Gasteiger partial charge in [-0.2, -0.15) is 0 Å². The van der Waals surface area contributed by atoms with E-state index in [1.165, 1.54) is 12.8 Å². The van der Waals surface area contributed by atoms with Gasteiger partial charge in [-0.15, -0.1) is 0 Å². The highest BCUT2D eigenvalue weighted by Crippen LogP contribution is 2.34. The highest BCUT2D eigenvalue weighted by atomic mass is 16.5. The van der Waals surface area contributed by atoms with Gasteiger partial charge in [0, 0.05) is 19.1 Å². The van der Waals surface area contributed by atoms with Crippen molar-refractivity contribution in [3.8, 4) is 0 Å². The lowest BCUT2D eigenvalue weighted by molar-refractivity contribution is 0.102. The standard InChI is InChI=1S/C10H22N2O/c1-9(10-3-4-10)12(2)6-8-13-7-5-11/h9-10H,3-8,11H2,1-2H3. The lowest BCUT2D eigenvalue weighted by atomic mass is 10.2.